The Bertz CT molecular complexity index is 422. The number of guanidine groups is 1. The number of nitrogens with zero attached hydrogens (tertiary/aromatic N) is 3. The summed E-state index contributed by atoms with van der Waals surface area (Å²) in [7, 11) is 3.56. The lowest BCUT2D eigenvalue weighted by molar-refractivity contribution is -0.127. The molecule has 1 amide bonds. The van der Waals surface area contributed by atoms with Gasteiger partial charge in [0.1, 0.15) is 6.54 Å². The van der Waals surface area contributed by atoms with Crippen LogP contribution in [0.1, 0.15) is 39.5 Å². The van der Waals surface area contributed by atoms with Crippen molar-refractivity contribution in [3.05, 3.63) is 0 Å². The number of aliphatic imine (C=N–C) groups is 1. The van der Waals surface area contributed by atoms with Crippen LogP contribution >= 0.6 is 35.7 Å². The van der Waals surface area contributed by atoms with Crippen molar-refractivity contribution in [3.63, 3.8) is 0 Å². The number of hydrogen-bond donors (Lipinski definition) is 1. The van der Waals surface area contributed by atoms with Crippen molar-refractivity contribution >= 4 is 47.6 Å². The van der Waals surface area contributed by atoms with Crippen LogP contribution in [0.3, 0.4) is 0 Å². The van der Waals surface area contributed by atoms with E-state index in [4.69, 9.17) is 0 Å². The number of nitrogens with one attached hydrogen (secondary N) is 1. The van der Waals surface area contributed by atoms with Gasteiger partial charge in [-0.1, -0.05) is 12.8 Å². The Morgan fingerprint density at radius 3 is 2.57 bits per heavy atom. The normalized spacial score (nSPS) is 21.7. The molecule has 0 aromatic carbocycles. The minimum Gasteiger partial charge on any atom is -0.353 e. The van der Waals surface area contributed by atoms with Crippen molar-refractivity contribution in [2.24, 2.45) is 4.99 Å². The highest BCUT2D eigenvalue weighted by Crippen LogP contribution is 2.29. The van der Waals surface area contributed by atoms with Crippen LogP contribution in [0.4, 0.5) is 0 Å². The lowest BCUT2D eigenvalue weighted by Crippen LogP contribution is -2.53. The van der Waals surface area contributed by atoms with Gasteiger partial charge in [0.25, 0.3) is 0 Å². The van der Waals surface area contributed by atoms with E-state index in [1.807, 2.05) is 11.8 Å². The average Bonchev–Trinajstić information content (AvgIpc) is 2.94. The third kappa shape index (κ3) is 6.68. The van der Waals surface area contributed by atoms with E-state index in [0.717, 1.165) is 24.8 Å². The molecular formula is C16H31IN4OS. The van der Waals surface area contributed by atoms with Crippen LogP contribution in [0.25, 0.3) is 0 Å². The molecule has 0 radical (unpaired) electrons. The zero-order chi connectivity index (χ0) is 16.2. The summed E-state index contributed by atoms with van der Waals surface area (Å²) in [6, 6.07) is 0.519. The summed E-state index contributed by atoms with van der Waals surface area (Å²) in [5.41, 5.74) is 0. The first-order valence-corrected chi connectivity index (χ1v) is 9.26. The van der Waals surface area contributed by atoms with Gasteiger partial charge in [-0.2, -0.15) is 11.8 Å². The molecule has 0 bridgehead atoms. The fourth-order valence-corrected chi connectivity index (χ4v) is 4.08. The molecule has 2 fully saturated rings. The molecule has 1 aliphatic carbocycles. The van der Waals surface area contributed by atoms with Crippen molar-refractivity contribution in [2.75, 3.05) is 39.5 Å². The summed E-state index contributed by atoms with van der Waals surface area (Å²) in [6.45, 7) is 6.77. The maximum absolute atomic E-state index is 11.9. The Balaban J connectivity index is 0.00000264. The van der Waals surface area contributed by atoms with E-state index in [9.17, 15) is 4.79 Å². The zero-order valence-corrected chi connectivity index (χ0v) is 17.9. The van der Waals surface area contributed by atoms with Crippen molar-refractivity contribution < 1.29 is 4.79 Å². The number of amides is 1. The van der Waals surface area contributed by atoms with Gasteiger partial charge in [0.05, 0.1) is 0 Å². The minimum atomic E-state index is 0. The molecule has 2 aliphatic rings. The smallest absolute Gasteiger partial charge is 0.243 e. The fraction of sp³-hybridized carbons (Fsp3) is 0.875. The first-order chi connectivity index (χ1) is 10.4. The fourth-order valence-electron chi connectivity index (χ4n) is 2.97. The topological polar surface area (TPSA) is 47.9 Å². The number of halogens is 1. The largest absolute Gasteiger partial charge is 0.353 e. The molecule has 0 aromatic heterocycles. The molecule has 0 spiro atoms. The predicted octanol–water partition coefficient (Wildman–Crippen LogP) is 2.41. The monoisotopic (exact) mass is 454 g/mol. The van der Waals surface area contributed by atoms with Crippen LogP contribution in [0.5, 0.6) is 0 Å². The van der Waals surface area contributed by atoms with Crippen LogP contribution in [0.2, 0.25) is 0 Å². The Morgan fingerprint density at radius 1 is 1.35 bits per heavy atom. The summed E-state index contributed by atoms with van der Waals surface area (Å²) in [6.07, 6.45) is 5.02. The molecule has 1 heterocycles. The summed E-state index contributed by atoms with van der Waals surface area (Å²) in [4.78, 5) is 20.4. The molecule has 0 unspecified atom stereocenters. The second-order valence-corrected chi connectivity index (χ2v) is 8.89. The molecular weight excluding hydrogens is 423 g/mol. The molecule has 5 nitrogen and oxygen atoms in total. The van der Waals surface area contributed by atoms with Gasteiger partial charge < -0.3 is 15.1 Å². The van der Waals surface area contributed by atoms with E-state index in [0.29, 0.717) is 6.04 Å². The lowest BCUT2D eigenvalue weighted by Gasteiger charge is -2.40. The molecule has 134 valence electrons. The van der Waals surface area contributed by atoms with E-state index >= 15 is 0 Å². The summed E-state index contributed by atoms with van der Waals surface area (Å²) < 4.78 is 0.238. The molecule has 0 atom stereocenters. The first kappa shape index (κ1) is 20.9. The predicted molar refractivity (Wildman–Crippen MR) is 110 cm³/mol. The van der Waals surface area contributed by atoms with Crippen molar-refractivity contribution in [1.82, 2.24) is 15.1 Å². The van der Waals surface area contributed by atoms with Crippen LogP contribution in [0, 0.1) is 0 Å². The quantitative estimate of drug-likeness (QED) is 0.404. The maximum Gasteiger partial charge on any atom is 0.243 e. The highest BCUT2D eigenvalue weighted by molar-refractivity contribution is 14.0. The lowest BCUT2D eigenvalue weighted by atomic mass is 10.2. The molecule has 2 rings (SSSR count). The van der Waals surface area contributed by atoms with E-state index in [1.54, 1.807) is 19.0 Å². The molecule has 1 aliphatic heterocycles. The minimum absolute atomic E-state index is 0. The van der Waals surface area contributed by atoms with Gasteiger partial charge in [-0.05, 0) is 26.7 Å². The highest BCUT2D eigenvalue weighted by atomic mass is 127. The van der Waals surface area contributed by atoms with E-state index < -0.39 is 0 Å². The number of likely N-dealkylation sites (N-methyl/N-ethyl adjacent to an activating group) is 1. The standard InChI is InChI=1S/C16H30N4OS.HI/c1-16(2)12-20(9-10-22-16)15(17-11-14(21)19(3)4)18-13-7-5-6-8-13;/h13H,5-12H2,1-4H3,(H,17,18);1H. The SMILES string of the molecule is CN(C)C(=O)CN=C(NC1CCCC1)N1CCSC(C)(C)C1.I. The third-order valence-corrected chi connectivity index (χ3v) is 5.57. The van der Waals surface area contributed by atoms with E-state index in [1.165, 1.54) is 25.7 Å². The Morgan fingerprint density at radius 2 is 2.00 bits per heavy atom. The van der Waals surface area contributed by atoms with Gasteiger partial charge in [-0.3, -0.25) is 4.79 Å². The average molecular weight is 454 g/mol. The molecule has 1 saturated heterocycles. The maximum atomic E-state index is 11.9. The second-order valence-electron chi connectivity index (χ2n) is 7.08. The summed E-state index contributed by atoms with van der Waals surface area (Å²) >= 11 is 2.01. The van der Waals surface area contributed by atoms with E-state index in [2.05, 4.69) is 29.1 Å². The van der Waals surface area contributed by atoms with Crippen LogP contribution in [0.15, 0.2) is 4.99 Å². The third-order valence-electron chi connectivity index (χ3n) is 4.28. The highest BCUT2D eigenvalue weighted by Gasteiger charge is 2.30. The van der Waals surface area contributed by atoms with Crippen LogP contribution in [-0.2, 0) is 4.79 Å². The summed E-state index contributed by atoms with van der Waals surface area (Å²) in [5.74, 6) is 2.09. The number of carbonyl (C=O) groups is 1. The molecule has 0 aromatic rings. The Labute approximate surface area is 162 Å². The van der Waals surface area contributed by atoms with Gasteiger partial charge >= 0.3 is 0 Å². The van der Waals surface area contributed by atoms with Crippen molar-refractivity contribution in [2.45, 2.75) is 50.3 Å². The van der Waals surface area contributed by atoms with E-state index in [-0.39, 0.29) is 41.2 Å². The molecule has 7 heteroatoms. The van der Waals surface area contributed by atoms with Gasteiger partial charge in [-0.25, -0.2) is 4.99 Å². The zero-order valence-electron chi connectivity index (χ0n) is 14.8. The van der Waals surface area contributed by atoms with Gasteiger partial charge in [-0.15, -0.1) is 24.0 Å². The van der Waals surface area contributed by atoms with Gasteiger partial charge in [0.15, 0.2) is 5.96 Å². The molecule has 23 heavy (non-hydrogen) atoms. The van der Waals surface area contributed by atoms with Crippen molar-refractivity contribution in [1.29, 1.82) is 0 Å². The van der Waals surface area contributed by atoms with Crippen LogP contribution < -0.4 is 5.32 Å². The Kier molecular flexibility index (Phi) is 8.47. The number of thioether (sulfide) groups is 1. The number of hydrogen-bond acceptors (Lipinski definition) is 3. The summed E-state index contributed by atoms with van der Waals surface area (Å²) in [5, 5.41) is 3.61. The number of carbonyl (C=O) groups excluding carboxylic acids is 1. The first-order valence-electron chi connectivity index (χ1n) is 8.27. The van der Waals surface area contributed by atoms with Crippen LogP contribution in [-0.4, -0.2) is 71.9 Å². The molecule has 1 saturated carbocycles. The Hall–Kier alpha value is -0.180. The van der Waals surface area contributed by atoms with Gasteiger partial charge in [0, 0.05) is 43.7 Å². The number of rotatable bonds is 3. The van der Waals surface area contributed by atoms with Crippen molar-refractivity contribution in [3.8, 4) is 0 Å². The van der Waals surface area contributed by atoms with Gasteiger partial charge in [0.2, 0.25) is 5.91 Å². The second kappa shape index (κ2) is 9.34. The molecule has 1 N–H and O–H groups in total.